The van der Waals surface area contributed by atoms with Crippen LogP contribution in [-0.2, 0) is 0 Å². The van der Waals surface area contributed by atoms with Gasteiger partial charge in [-0.3, -0.25) is 0 Å². The fourth-order valence-electron chi connectivity index (χ4n) is 1.39. The van der Waals surface area contributed by atoms with Crippen LogP contribution < -0.4 is 0 Å². The molecule has 0 aliphatic carbocycles. The first-order chi connectivity index (χ1) is 9.77. The summed E-state index contributed by atoms with van der Waals surface area (Å²) in [4.78, 5) is 0. The van der Waals surface area contributed by atoms with E-state index < -0.39 is 0 Å². The first kappa shape index (κ1) is 5.30. The molecule has 3 rings (SSSR count). The monoisotopic (exact) mass is 346 g/mol. The zero-order chi connectivity index (χ0) is 15.6. The fourth-order valence-corrected chi connectivity index (χ4v) is 3.65. The van der Waals surface area contributed by atoms with Crippen molar-refractivity contribution >= 4 is 63.4 Å². The van der Waals surface area contributed by atoms with Crippen molar-refractivity contribution in [2.75, 3.05) is 0 Å². The van der Waals surface area contributed by atoms with Gasteiger partial charge in [-0.15, -0.1) is 11.3 Å². The van der Waals surface area contributed by atoms with Crippen molar-refractivity contribution < 1.29 is 8.22 Å². The Hall–Kier alpha value is -0.380. The van der Waals surface area contributed by atoms with E-state index in [1.54, 1.807) is 0 Å². The maximum Gasteiger partial charge on any atom is 0.0647 e. The highest BCUT2D eigenvalue weighted by molar-refractivity contribution is 9.11. The second-order valence-corrected chi connectivity index (χ2v) is 5.49. The van der Waals surface area contributed by atoms with E-state index in [-0.39, 0.29) is 36.3 Å². The van der Waals surface area contributed by atoms with E-state index in [0.717, 1.165) is 0 Å². The molecule has 1 heterocycles. The molecule has 0 unspecified atom stereocenters. The van der Waals surface area contributed by atoms with Gasteiger partial charge in [0.25, 0.3) is 0 Å². The third-order valence-corrected chi connectivity index (χ3v) is 4.36. The fraction of sp³-hybridized carbons (Fsp3) is 0. The topological polar surface area (TPSA) is 0 Å². The molecule has 0 aliphatic heterocycles. The minimum Gasteiger partial charge on any atom is -0.134 e. The number of fused-ring (bicyclic) bond motifs is 3. The molecule has 0 spiro atoms. The van der Waals surface area contributed by atoms with E-state index in [4.69, 9.17) is 8.22 Å². The third-order valence-electron chi connectivity index (χ3n) is 1.99. The summed E-state index contributed by atoms with van der Waals surface area (Å²) in [6.07, 6.45) is 0. The molecule has 74 valence electrons. The lowest BCUT2D eigenvalue weighted by Gasteiger charge is -1.95. The number of hydrogen-bond acceptors (Lipinski definition) is 1. The Balaban J connectivity index is 2.73. The molecule has 0 N–H and O–H groups in total. The van der Waals surface area contributed by atoms with Gasteiger partial charge in [0, 0.05) is 29.1 Å². The molecule has 0 saturated carbocycles. The molecule has 0 fully saturated rings. The second-order valence-electron chi connectivity index (χ2n) is 2.89. The molecule has 2 aromatic carbocycles. The van der Waals surface area contributed by atoms with Crippen molar-refractivity contribution in [2.24, 2.45) is 0 Å². The highest BCUT2D eigenvalue weighted by atomic mass is 79.9. The number of thiophene rings is 1. The van der Waals surface area contributed by atoms with Gasteiger partial charge in [0.1, 0.15) is 0 Å². The summed E-state index contributed by atoms with van der Waals surface area (Å²) < 4.78 is 49.5. The molecule has 0 bridgehead atoms. The van der Waals surface area contributed by atoms with Crippen LogP contribution in [0.15, 0.2) is 45.2 Å². The van der Waals surface area contributed by atoms with Crippen LogP contribution in [0.1, 0.15) is 8.22 Å². The SMILES string of the molecule is [2H]c1c([2H])c([2H])c2c(sc3c(Br)c([2H])c(Br)c([2H])c32)c1[2H]. The van der Waals surface area contributed by atoms with Crippen molar-refractivity contribution in [3.05, 3.63) is 45.2 Å². The average molecular weight is 348 g/mol. The van der Waals surface area contributed by atoms with Gasteiger partial charge in [-0.1, -0.05) is 34.1 Å². The normalized spacial score (nSPS) is 16.9. The van der Waals surface area contributed by atoms with Crippen molar-refractivity contribution in [3.63, 3.8) is 0 Å². The zero-order valence-corrected chi connectivity index (χ0v) is 11.2. The van der Waals surface area contributed by atoms with Crippen molar-refractivity contribution in [2.45, 2.75) is 0 Å². The van der Waals surface area contributed by atoms with Gasteiger partial charge in [0.15, 0.2) is 0 Å². The van der Waals surface area contributed by atoms with Crippen LogP contribution in [0.25, 0.3) is 20.2 Å². The van der Waals surface area contributed by atoms with Crippen LogP contribution >= 0.6 is 43.2 Å². The Bertz CT molecular complexity index is 859. The summed E-state index contributed by atoms with van der Waals surface area (Å²) in [6, 6.07) is -0.659. The predicted molar refractivity (Wildman–Crippen MR) is 74.7 cm³/mol. The number of hydrogen-bond donors (Lipinski definition) is 0. The molecule has 3 aromatic rings. The van der Waals surface area contributed by atoms with Gasteiger partial charge in [-0.25, -0.2) is 0 Å². The molecule has 0 amide bonds. The molecule has 3 heteroatoms. The van der Waals surface area contributed by atoms with Crippen LogP contribution in [0.3, 0.4) is 0 Å². The lowest BCUT2D eigenvalue weighted by Crippen LogP contribution is -1.69. The molecule has 1 aromatic heterocycles. The Kier molecular flexibility index (Phi) is 1.26. The maximum absolute atomic E-state index is 8.18. The number of rotatable bonds is 0. The van der Waals surface area contributed by atoms with Crippen LogP contribution in [0.2, 0.25) is 0 Å². The summed E-state index contributed by atoms with van der Waals surface area (Å²) in [7, 11) is 0. The standard InChI is InChI=1S/C12H6Br2S/c13-7-5-9-8-3-1-2-4-11(8)15-12(9)10(14)6-7/h1-6H/i1D,2D,3D,4D,5D,6D. The van der Waals surface area contributed by atoms with E-state index in [9.17, 15) is 0 Å². The smallest absolute Gasteiger partial charge is 0.0647 e. The van der Waals surface area contributed by atoms with Crippen molar-refractivity contribution in [3.8, 4) is 0 Å². The van der Waals surface area contributed by atoms with Crippen LogP contribution in [0.5, 0.6) is 0 Å². The number of halogens is 2. The summed E-state index contributed by atoms with van der Waals surface area (Å²) in [5.74, 6) is 0. The Labute approximate surface area is 117 Å². The van der Waals surface area contributed by atoms with Gasteiger partial charge < -0.3 is 0 Å². The summed E-state index contributed by atoms with van der Waals surface area (Å²) in [6.45, 7) is 0. The molecular weight excluding hydrogens is 336 g/mol. The lowest BCUT2D eigenvalue weighted by molar-refractivity contribution is 1.72. The predicted octanol–water partition coefficient (Wildman–Crippen LogP) is 5.58. The maximum atomic E-state index is 8.18. The lowest BCUT2D eigenvalue weighted by atomic mass is 10.2. The zero-order valence-electron chi connectivity index (χ0n) is 13.2. The first-order valence-corrected chi connectivity index (χ1v) is 6.44. The van der Waals surface area contributed by atoms with Gasteiger partial charge in [0.2, 0.25) is 0 Å². The highest BCUT2D eigenvalue weighted by Crippen LogP contribution is 2.39. The van der Waals surface area contributed by atoms with E-state index in [1.807, 2.05) is 0 Å². The molecule has 0 nitrogen and oxygen atoms in total. The molecular formula is C12H6Br2S. The highest BCUT2D eigenvalue weighted by Gasteiger charge is 2.07. The van der Waals surface area contributed by atoms with E-state index in [2.05, 4.69) is 31.9 Å². The first-order valence-electron chi connectivity index (χ1n) is 7.04. The largest absolute Gasteiger partial charge is 0.134 e. The van der Waals surface area contributed by atoms with Crippen LogP contribution in [0.4, 0.5) is 0 Å². The quantitative estimate of drug-likeness (QED) is 0.498. The van der Waals surface area contributed by atoms with E-state index in [0.29, 0.717) is 29.1 Å². The van der Waals surface area contributed by atoms with Crippen molar-refractivity contribution in [1.29, 1.82) is 0 Å². The summed E-state index contributed by atoms with van der Waals surface area (Å²) >= 11 is 7.70. The Morgan fingerprint density at radius 3 is 2.73 bits per heavy atom. The Morgan fingerprint density at radius 1 is 1.07 bits per heavy atom. The number of benzene rings is 2. The van der Waals surface area contributed by atoms with E-state index in [1.165, 1.54) is 11.3 Å². The van der Waals surface area contributed by atoms with Gasteiger partial charge in [0.05, 0.1) is 8.22 Å². The molecule has 0 radical (unpaired) electrons. The molecule has 0 atom stereocenters. The van der Waals surface area contributed by atoms with Crippen molar-refractivity contribution in [1.82, 2.24) is 0 Å². The summed E-state index contributed by atoms with van der Waals surface area (Å²) in [5.41, 5.74) is 0. The molecule has 0 saturated heterocycles. The van der Waals surface area contributed by atoms with Gasteiger partial charge in [-0.2, -0.15) is 0 Å². The van der Waals surface area contributed by atoms with Gasteiger partial charge in [-0.05, 0) is 34.1 Å². The van der Waals surface area contributed by atoms with Gasteiger partial charge >= 0.3 is 0 Å². The molecule has 15 heavy (non-hydrogen) atoms. The summed E-state index contributed by atoms with van der Waals surface area (Å²) in [5, 5.41) is 0.782. The minimum absolute atomic E-state index is 0.0643. The molecule has 0 aliphatic rings. The Morgan fingerprint density at radius 2 is 1.87 bits per heavy atom. The third kappa shape index (κ3) is 1.53. The minimum atomic E-state index is -0.311. The van der Waals surface area contributed by atoms with Crippen LogP contribution in [0, 0.1) is 0 Å². The average Bonchev–Trinajstić information content (AvgIpc) is 2.87. The van der Waals surface area contributed by atoms with E-state index >= 15 is 0 Å². The second kappa shape index (κ2) is 3.58. The van der Waals surface area contributed by atoms with Crippen LogP contribution in [-0.4, -0.2) is 0 Å².